The molecular formula is C13H20BrN3O. The highest BCUT2D eigenvalue weighted by atomic mass is 79.9. The predicted molar refractivity (Wildman–Crippen MR) is 78.7 cm³/mol. The molecule has 0 atom stereocenters. The number of hydrogen-bond acceptors (Lipinski definition) is 3. The van der Waals surface area contributed by atoms with Crippen molar-refractivity contribution >= 4 is 27.5 Å². The molecule has 4 nitrogen and oxygen atoms in total. The van der Waals surface area contributed by atoms with E-state index in [1.165, 1.54) is 0 Å². The van der Waals surface area contributed by atoms with Crippen LogP contribution in [0.5, 0.6) is 0 Å². The standard InChI is InChI=1S/C13H20BrN3O/c1-16(2)7-4-8-17(3)13(18)11-9-10(15)5-6-12(11)14/h5-6,9H,4,7-8,15H2,1-3H3. The summed E-state index contributed by atoms with van der Waals surface area (Å²) in [6.07, 6.45) is 0.954. The van der Waals surface area contributed by atoms with Gasteiger partial charge in [-0.2, -0.15) is 0 Å². The number of hydrogen-bond donors (Lipinski definition) is 1. The van der Waals surface area contributed by atoms with Gasteiger partial charge in [0.2, 0.25) is 0 Å². The zero-order valence-corrected chi connectivity index (χ0v) is 12.7. The summed E-state index contributed by atoms with van der Waals surface area (Å²) in [5.41, 5.74) is 6.92. The molecule has 0 heterocycles. The van der Waals surface area contributed by atoms with Gasteiger partial charge >= 0.3 is 0 Å². The van der Waals surface area contributed by atoms with Gasteiger partial charge < -0.3 is 15.5 Å². The van der Waals surface area contributed by atoms with E-state index in [-0.39, 0.29) is 5.91 Å². The lowest BCUT2D eigenvalue weighted by atomic mass is 10.2. The maximum absolute atomic E-state index is 12.2. The molecule has 0 aromatic heterocycles. The molecule has 1 aromatic carbocycles. The molecule has 5 heteroatoms. The molecule has 0 aliphatic carbocycles. The van der Waals surface area contributed by atoms with Crippen molar-refractivity contribution in [3.05, 3.63) is 28.2 Å². The Labute approximate surface area is 117 Å². The van der Waals surface area contributed by atoms with Crippen LogP contribution in [0.4, 0.5) is 5.69 Å². The van der Waals surface area contributed by atoms with Gasteiger partial charge in [0, 0.05) is 23.8 Å². The van der Waals surface area contributed by atoms with Crippen LogP contribution in [-0.4, -0.2) is 49.9 Å². The van der Waals surface area contributed by atoms with Crippen molar-refractivity contribution in [2.24, 2.45) is 0 Å². The fraction of sp³-hybridized carbons (Fsp3) is 0.462. The summed E-state index contributed by atoms with van der Waals surface area (Å²) in [6, 6.07) is 5.28. The van der Waals surface area contributed by atoms with E-state index in [0.29, 0.717) is 11.3 Å². The molecule has 0 aliphatic heterocycles. The van der Waals surface area contributed by atoms with Gasteiger partial charge in [-0.05, 0) is 61.2 Å². The van der Waals surface area contributed by atoms with Gasteiger partial charge in [-0.15, -0.1) is 0 Å². The molecule has 0 saturated carbocycles. The molecule has 2 N–H and O–H groups in total. The minimum atomic E-state index is -0.00655. The summed E-state index contributed by atoms with van der Waals surface area (Å²) in [7, 11) is 5.86. The van der Waals surface area contributed by atoms with Crippen molar-refractivity contribution < 1.29 is 4.79 Å². The van der Waals surface area contributed by atoms with Gasteiger partial charge in [-0.3, -0.25) is 4.79 Å². The summed E-state index contributed by atoms with van der Waals surface area (Å²) in [6.45, 7) is 1.70. The monoisotopic (exact) mass is 313 g/mol. The molecule has 0 unspecified atom stereocenters. The largest absolute Gasteiger partial charge is 0.399 e. The van der Waals surface area contributed by atoms with Gasteiger partial charge in [0.25, 0.3) is 5.91 Å². The molecule has 1 aromatic rings. The minimum absolute atomic E-state index is 0.00655. The van der Waals surface area contributed by atoms with Crippen LogP contribution in [0.1, 0.15) is 16.8 Å². The quantitative estimate of drug-likeness (QED) is 0.846. The summed E-state index contributed by atoms with van der Waals surface area (Å²) in [4.78, 5) is 16.1. The lowest BCUT2D eigenvalue weighted by Gasteiger charge is -2.19. The molecule has 100 valence electrons. The van der Waals surface area contributed by atoms with Crippen molar-refractivity contribution in [2.75, 3.05) is 40.0 Å². The third-order valence-electron chi connectivity index (χ3n) is 2.67. The fourth-order valence-corrected chi connectivity index (χ4v) is 2.05. The van der Waals surface area contributed by atoms with Crippen LogP contribution in [0.25, 0.3) is 0 Å². The van der Waals surface area contributed by atoms with Gasteiger partial charge in [-0.1, -0.05) is 0 Å². The first-order valence-corrected chi connectivity index (χ1v) is 6.66. The second-order valence-corrected chi connectivity index (χ2v) is 5.48. The number of halogens is 1. The van der Waals surface area contributed by atoms with E-state index in [1.54, 1.807) is 23.1 Å². The van der Waals surface area contributed by atoms with Crippen molar-refractivity contribution in [1.82, 2.24) is 9.80 Å². The molecular weight excluding hydrogens is 294 g/mol. The Kier molecular flexibility index (Phi) is 5.62. The van der Waals surface area contributed by atoms with Crippen molar-refractivity contribution in [3.8, 4) is 0 Å². The molecule has 1 rings (SSSR count). The first-order chi connectivity index (χ1) is 8.41. The number of nitrogens with two attached hydrogens (primary N) is 1. The highest BCUT2D eigenvalue weighted by molar-refractivity contribution is 9.10. The maximum atomic E-state index is 12.2. The van der Waals surface area contributed by atoms with Crippen LogP contribution < -0.4 is 5.73 Å². The third-order valence-corrected chi connectivity index (χ3v) is 3.36. The van der Waals surface area contributed by atoms with E-state index in [9.17, 15) is 4.79 Å². The third kappa shape index (κ3) is 4.31. The summed E-state index contributed by atoms with van der Waals surface area (Å²) in [5, 5.41) is 0. The van der Waals surface area contributed by atoms with E-state index in [0.717, 1.165) is 24.0 Å². The van der Waals surface area contributed by atoms with E-state index in [2.05, 4.69) is 20.8 Å². The summed E-state index contributed by atoms with van der Waals surface area (Å²) < 4.78 is 0.779. The van der Waals surface area contributed by atoms with Crippen LogP contribution in [-0.2, 0) is 0 Å². The summed E-state index contributed by atoms with van der Waals surface area (Å²) >= 11 is 3.38. The molecule has 0 saturated heterocycles. The number of nitrogens with zero attached hydrogens (tertiary/aromatic N) is 2. The van der Waals surface area contributed by atoms with Crippen molar-refractivity contribution in [1.29, 1.82) is 0 Å². The molecule has 1 amide bonds. The van der Waals surface area contributed by atoms with Crippen LogP contribution in [0.15, 0.2) is 22.7 Å². The van der Waals surface area contributed by atoms with Crippen LogP contribution in [0, 0.1) is 0 Å². The van der Waals surface area contributed by atoms with Gasteiger partial charge in [0.15, 0.2) is 0 Å². The minimum Gasteiger partial charge on any atom is -0.399 e. The molecule has 0 spiro atoms. The molecule has 18 heavy (non-hydrogen) atoms. The zero-order valence-electron chi connectivity index (χ0n) is 11.1. The number of nitrogen functional groups attached to an aromatic ring is 1. The maximum Gasteiger partial charge on any atom is 0.254 e. The number of amides is 1. The smallest absolute Gasteiger partial charge is 0.254 e. The predicted octanol–water partition coefficient (Wildman–Crippen LogP) is 2.05. The lowest BCUT2D eigenvalue weighted by Crippen LogP contribution is -2.30. The second kappa shape index (κ2) is 6.75. The van der Waals surface area contributed by atoms with E-state index >= 15 is 0 Å². The van der Waals surface area contributed by atoms with E-state index in [4.69, 9.17) is 5.73 Å². The second-order valence-electron chi connectivity index (χ2n) is 4.62. The SMILES string of the molecule is CN(C)CCCN(C)C(=O)c1cc(N)ccc1Br. The van der Waals surface area contributed by atoms with Crippen LogP contribution in [0.2, 0.25) is 0 Å². The zero-order chi connectivity index (χ0) is 13.7. The lowest BCUT2D eigenvalue weighted by molar-refractivity contribution is 0.0790. The van der Waals surface area contributed by atoms with Crippen LogP contribution >= 0.6 is 15.9 Å². The van der Waals surface area contributed by atoms with Crippen molar-refractivity contribution in [2.45, 2.75) is 6.42 Å². The Balaban J connectivity index is 2.65. The average molecular weight is 314 g/mol. The normalized spacial score (nSPS) is 10.7. The molecule has 0 fully saturated rings. The Morgan fingerprint density at radius 3 is 2.56 bits per heavy atom. The van der Waals surface area contributed by atoms with Gasteiger partial charge in [-0.25, -0.2) is 0 Å². The van der Waals surface area contributed by atoms with Crippen molar-refractivity contribution in [3.63, 3.8) is 0 Å². The number of anilines is 1. The van der Waals surface area contributed by atoms with Gasteiger partial charge in [0.1, 0.15) is 0 Å². The van der Waals surface area contributed by atoms with Gasteiger partial charge in [0.05, 0.1) is 5.56 Å². The Bertz CT molecular complexity index is 421. The first-order valence-electron chi connectivity index (χ1n) is 5.87. The topological polar surface area (TPSA) is 49.6 Å². The number of carbonyl (C=O) groups is 1. The summed E-state index contributed by atoms with van der Waals surface area (Å²) in [5.74, 6) is -0.00655. The molecule has 0 radical (unpaired) electrons. The Morgan fingerprint density at radius 1 is 1.28 bits per heavy atom. The first kappa shape index (κ1) is 15.0. The number of benzene rings is 1. The molecule has 0 aliphatic rings. The van der Waals surface area contributed by atoms with Crippen LogP contribution in [0.3, 0.4) is 0 Å². The fourth-order valence-electron chi connectivity index (χ4n) is 1.64. The average Bonchev–Trinajstić information content (AvgIpc) is 2.30. The number of rotatable bonds is 5. The Morgan fingerprint density at radius 2 is 1.94 bits per heavy atom. The van der Waals surface area contributed by atoms with E-state index < -0.39 is 0 Å². The van der Waals surface area contributed by atoms with E-state index in [1.807, 2.05) is 21.1 Å². The highest BCUT2D eigenvalue weighted by Gasteiger charge is 2.14. The number of carbonyl (C=O) groups excluding carboxylic acids is 1. The molecule has 0 bridgehead atoms. The Hall–Kier alpha value is -1.07. The highest BCUT2D eigenvalue weighted by Crippen LogP contribution is 2.20.